The summed E-state index contributed by atoms with van der Waals surface area (Å²) in [7, 11) is 1.42. The van der Waals surface area contributed by atoms with E-state index in [0.717, 1.165) is 24.4 Å². The molecule has 0 spiro atoms. The lowest BCUT2D eigenvalue weighted by Gasteiger charge is -2.18. The highest BCUT2D eigenvalue weighted by Crippen LogP contribution is 2.09. The molecular weight excluding hydrogens is 254 g/mol. The smallest absolute Gasteiger partial charge is 0.306 e. The van der Waals surface area contributed by atoms with Crippen LogP contribution >= 0.6 is 0 Å². The zero-order valence-corrected chi connectivity index (χ0v) is 12.3. The van der Waals surface area contributed by atoms with E-state index in [-0.39, 0.29) is 5.97 Å². The number of hydrogen-bond acceptors (Lipinski definition) is 4. The van der Waals surface area contributed by atoms with Gasteiger partial charge in [-0.25, -0.2) is 4.98 Å². The summed E-state index contributed by atoms with van der Waals surface area (Å²) in [5.41, 5.74) is 3.18. The Balaban J connectivity index is 2.03. The molecule has 0 aromatic carbocycles. The van der Waals surface area contributed by atoms with Gasteiger partial charge in [-0.15, -0.1) is 0 Å². The summed E-state index contributed by atoms with van der Waals surface area (Å²) >= 11 is 0. The number of ether oxygens (including phenoxy) is 1. The lowest BCUT2D eigenvalue weighted by Crippen LogP contribution is -2.26. The Bertz CT molecular complexity index is 592. The van der Waals surface area contributed by atoms with Gasteiger partial charge >= 0.3 is 5.97 Å². The fourth-order valence-corrected chi connectivity index (χ4v) is 2.16. The molecule has 0 N–H and O–H groups in total. The molecule has 5 heteroatoms. The number of carbonyl (C=O) groups excluding carboxylic acids is 1. The maximum absolute atomic E-state index is 11.2. The number of nitrogens with zero attached hydrogens (tertiary/aromatic N) is 3. The lowest BCUT2D eigenvalue weighted by atomic mass is 10.3. The third-order valence-electron chi connectivity index (χ3n) is 3.34. The molecule has 0 aliphatic carbocycles. The van der Waals surface area contributed by atoms with Gasteiger partial charge < -0.3 is 9.14 Å². The average Bonchev–Trinajstić information content (AvgIpc) is 2.84. The molecule has 0 amide bonds. The predicted octanol–water partition coefficient (Wildman–Crippen LogP) is 2.03. The summed E-state index contributed by atoms with van der Waals surface area (Å²) in [5, 5.41) is 0. The first-order chi connectivity index (χ1) is 9.62. The van der Waals surface area contributed by atoms with Crippen molar-refractivity contribution in [2.75, 3.05) is 20.2 Å². The van der Waals surface area contributed by atoms with E-state index in [1.54, 1.807) is 0 Å². The van der Waals surface area contributed by atoms with Gasteiger partial charge in [-0.05, 0) is 25.1 Å². The van der Waals surface area contributed by atoms with E-state index in [9.17, 15) is 4.79 Å². The van der Waals surface area contributed by atoms with Crippen LogP contribution in [0.25, 0.3) is 5.65 Å². The molecule has 0 aliphatic heterocycles. The van der Waals surface area contributed by atoms with Crippen molar-refractivity contribution in [2.24, 2.45) is 0 Å². The Morgan fingerprint density at radius 1 is 1.40 bits per heavy atom. The number of hydrogen-bond donors (Lipinski definition) is 0. The van der Waals surface area contributed by atoms with Crippen molar-refractivity contribution in [3.05, 3.63) is 35.8 Å². The van der Waals surface area contributed by atoms with Crippen LogP contribution in [0, 0.1) is 6.92 Å². The van der Waals surface area contributed by atoms with Crippen LogP contribution in [0.1, 0.15) is 24.6 Å². The summed E-state index contributed by atoms with van der Waals surface area (Å²) in [4.78, 5) is 18.0. The first-order valence-corrected chi connectivity index (χ1v) is 6.85. The highest BCUT2D eigenvalue weighted by Gasteiger charge is 2.10. The monoisotopic (exact) mass is 275 g/mol. The summed E-state index contributed by atoms with van der Waals surface area (Å²) < 4.78 is 6.71. The average molecular weight is 275 g/mol. The van der Waals surface area contributed by atoms with E-state index >= 15 is 0 Å². The van der Waals surface area contributed by atoms with Gasteiger partial charge in [0.2, 0.25) is 0 Å². The Kier molecular flexibility index (Phi) is 4.74. The Labute approximate surface area is 119 Å². The number of pyridine rings is 1. The second kappa shape index (κ2) is 6.52. The topological polar surface area (TPSA) is 46.8 Å². The van der Waals surface area contributed by atoms with Crippen LogP contribution in [-0.4, -0.2) is 40.5 Å². The fourth-order valence-electron chi connectivity index (χ4n) is 2.16. The van der Waals surface area contributed by atoms with Crippen molar-refractivity contribution in [3.8, 4) is 0 Å². The molecule has 108 valence electrons. The summed E-state index contributed by atoms with van der Waals surface area (Å²) in [5.74, 6) is -0.172. The van der Waals surface area contributed by atoms with Gasteiger partial charge in [0.25, 0.3) is 0 Å². The van der Waals surface area contributed by atoms with Crippen molar-refractivity contribution < 1.29 is 9.53 Å². The largest absolute Gasteiger partial charge is 0.469 e. The van der Waals surface area contributed by atoms with E-state index in [1.807, 2.05) is 16.7 Å². The quantitative estimate of drug-likeness (QED) is 0.757. The normalized spacial score (nSPS) is 11.2. The first-order valence-electron chi connectivity index (χ1n) is 6.85. The van der Waals surface area contributed by atoms with Crippen molar-refractivity contribution in [1.29, 1.82) is 0 Å². The SMILES string of the molecule is CCN(CCC(=O)OC)Cc1cn2cc(C)ccc2n1. The van der Waals surface area contributed by atoms with E-state index in [2.05, 4.69) is 40.7 Å². The number of esters is 1. The number of rotatable bonds is 6. The van der Waals surface area contributed by atoms with Crippen LogP contribution in [0.15, 0.2) is 24.5 Å². The maximum Gasteiger partial charge on any atom is 0.306 e. The maximum atomic E-state index is 11.2. The van der Waals surface area contributed by atoms with Crippen molar-refractivity contribution >= 4 is 11.6 Å². The van der Waals surface area contributed by atoms with Crippen molar-refractivity contribution in [2.45, 2.75) is 26.8 Å². The van der Waals surface area contributed by atoms with E-state index in [1.165, 1.54) is 12.7 Å². The second-order valence-electron chi connectivity index (χ2n) is 4.90. The highest BCUT2D eigenvalue weighted by molar-refractivity contribution is 5.69. The summed E-state index contributed by atoms with van der Waals surface area (Å²) in [6.07, 6.45) is 4.52. The van der Waals surface area contributed by atoms with Crippen LogP contribution < -0.4 is 0 Å². The minimum atomic E-state index is -0.172. The summed E-state index contributed by atoms with van der Waals surface area (Å²) in [6, 6.07) is 4.07. The molecule has 0 fully saturated rings. The van der Waals surface area contributed by atoms with Gasteiger partial charge in [0, 0.05) is 25.5 Å². The zero-order valence-electron chi connectivity index (χ0n) is 12.3. The minimum absolute atomic E-state index is 0.172. The van der Waals surface area contributed by atoms with Gasteiger partial charge in [-0.2, -0.15) is 0 Å². The highest BCUT2D eigenvalue weighted by atomic mass is 16.5. The number of aryl methyl sites for hydroxylation is 1. The Morgan fingerprint density at radius 2 is 2.20 bits per heavy atom. The molecule has 0 bridgehead atoms. The van der Waals surface area contributed by atoms with Crippen LogP contribution in [-0.2, 0) is 16.1 Å². The van der Waals surface area contributed by atoms with Gasteiger partial charge in [0.15, 0.2) is 0 Å². The third-order valence-corrected chi connectivity index (χ3v) is 3.34. The van der Waals surface area contributed by atoms with Gasteiger partial charge in [-0.3, -0.25) is 9.69 Å². The number of carbonyl (C=O) groups is 1. The Hall–Kier alpha value is -1.88. The predicted molar refractivity (Wildman–Crippen MR) is 77.5 cm³/mol. The number of aromatic nitrogens is 2. The van der Waals surface area contributed by atoms with Crippen LogP contribution in [0.3, 0.4) is 0 Å². The fraction of sp³-hybridized carbons (Fsp3) is 0.467. The molecule has 0 saturated heterocycles. The third kappa shape index (κ3) is 3.57. The van der Waals surface area contributed by atoms with Gasteiger partial charge in [-0.1, -0.05) is 13.0 Å². The Morgan fingerprint density at radius 3 is 2.90 bits per heavy atom. The van der Waals surface area contributed by atoms with Crippen molar-refractivity contribution in [3.63, 3.8) is 0 Å². The molecule has 5 nitrogen and oxygen atoms in total. The molecule has 20 heavy (non-hydrogen) atoms. The molecule has 2 heterocycles. The van der Waals surface area contributed by atoms with E-state index in [0.29, 0.717) is 13.0 Å². The lowest BCUT2D eigenvalue weighted by molar-refractivity contribution is -0.141. The minimum Gasteiger partial charge on any atom is -0.469 e. The molecule has 0 atom stereocenters. The first kappa shape index (κ1) is 14.5. The van der Waals surface area contributed by atoms with Crippen LogP contribution in [0.5, 0.6) is 0 Å². The molecule has 0 unspecified atom stereocenters. The standard InChI is InChI=1S/C15H21N3O2/c1-4-17(8-7-15(19)20-3)10-13-11-18-9-12(2)5-6-14(18)16-13/h5-6,9,11H,4,7-8,10H2,1-3H3. The summed E-state index contributed by atoms with van der Waals surface area (Å²) in [6.45, 7) is 6.46. The zero-order chi connectivity index (χ0) is 14.5. The van der Waals surface area contributed by atoms with Crippen LogP contribution in [0.4, 0.5) is 0 Å². The number of methoxy groups -OCH3 is 1. The molecule has 2 aromatic rings. The second-order valence-corrected chi connectivity index (χ2v) is 4.90. The molecule has 0 saturated carbocycles. The molecule has 2 rings (SSSR count). The molecule has 0 aliphatic rings. The van der Waals surface area contributed by atoms with Gasteiger partial charge in [0.05, 0.1) is 19.2 Å². The number of fused-ring (bicyclic) bond motifs is 1. The van der Waals surface area contributed by atoms with E-state index in [4.69, 9.17) is 0 Å². The van der Waals surface area contributed by atoms with E-state index < -0.39 is 0 Å². The van der Waals surface area contributed by atoms with Crippen molar-refractivity contribution in [1.82, 2.24) is 14.3 Å². The molecule has 2 aromatic heterocycles. The van der Waals surface area contributed by atoms with Crippen LogP contribution in [0.2, 0.25) is 0 Å². The molecular formula is C15H21N3O2. The molecule has 0 radical (unpaired) electrons. The number of imidazole rings is 1. The van der Waals surface area contributed by atoms with Gasteiger partial charge in [0.1, 0.15) is 5.65 Å².